The van der Waals surface area contributed by atoms with Crippen molar-refractivity contribution in [1.29, 1.82) is 5.26 Å². The summed E-state index contributed by atoms with van der Waals surface area (Å²) in [5.74, 6) is -0.346. The van der Waals surface area contributed by atoms with E-state index in [0.717, 1.165) is 0 Å². The Bertz CT molecular complexity index is 522. The van der Waals surface area contributed by atoms with Gasteiger partial charge in [0, 0.05) is 12.2 Å². The van der Waals surface area contributed by atoms with Crippen LogP contribution in [0.15, 0.2) is 24.3 Å². The van der Waals surface area contributed by atoms with E-state index in [2.05, 4.69) is 10.6 Å². The summed E-state index contributed by atoms with van der Waals surface area (Å²) in [5, 5.41) is 14.1. The molecule has 20 heavy (non-hydrogen) atoms. The highest BCUT2D eigenvalue weighted by Crippen LogP contribution is 2.09. The summed E-state index contributed by atoms with van der Waals surface area (Å²) in [7, 11) is 1.69. The fourth-order valence-corrected chi connectivity index (χ4v) is 1.67. The maximum atomic E-state index is 11.8. The normalized spacial score (nSPS) is 9.90. The van der Waals surface area contributed by atoms with E-state index in [-0.39, 0.29) is 24.9 Å². The van der Waals surface area contributed by atoms with Crippen LogP contribution < -0.4 is 10.6 Å². The first-order valence-electron chi connectivity index (χ1n) is 6.30. The van der Waals surface area contributed by atoms with Crippen LogP contribution in [0.3, 0.4) is 0 Å². The molecule has 0 aliphatic heterocycles. The number of nitrogens with zero attached hydrogens (tertiary/aromatic N) is 2. The quantitative estimate of drug-likeness (QED) is 0.794. The molecule has 6 nitrogen and oxygen atoms in total. The van der Waals surface area contributed by atoms with Gasteiger partial charge in [-0.1, -0.05) is 6.07 Å². The lowest BCUT2D eigenvalue weighted by Gasteiger charge is -2.15. The molecule has 1 rings (SSSR count). The second-order valence-corrected chi connectivity index (χ2v) is 4.37. The Morgan fingerprint density at radius 2 is 2.00 bits per heavy atom. The lowest BCUT2D eigenvalue weighted by molar-refractivity contribution is -0.122. The Morgan fingerprint density at radius 1 is 1.30 bits per heavy atom. The van der Waals surface area contributed by atoms with E-state index in [1.54, 1.807) is 36.2 Å². The molecule has 0 aliphatic carbocycles. The standard InChI is InChI=1S/C14H18N4O2/c1-3-16-13(19)9-18(2)10-14(20)17-12-6-4-5-11(7-12)8-15/h4-7H,3,9-10H2,1-2H3,(H,16,19)(H,17,20). The number of hydrogen-bond donors (Lipinski definition) is 2. The lowest BCUT2D eigenvalue weighted by Crippen LogP contribution is -2.38. The SMILES string of the molecule is CCNC(=O)CN(C)CC(=O)Nc1cccc(C#N)c1. The van der Waals surface area contributed by atoms with Crippen molar-refractivity contribution in [2.24, 2.45) is 0 Å². The van der Waals surface area contributed by atoms with Crippen molar-refractivity contribution in [3.05, 3.63) is 29.8 Å². The maximum absolute atomic E-state index is 11.8. The van der Waals surface area contributed by atoms with Crippen molar-refractivity contribution in [2.45, 2.75) is 6.92 Å². The van der Waals surface area contributed by atoms with Crippen LogP contribution >= 0.6 is 0 Å². The average Bonchev–Trinajstić information content (AvgIpc) is 2.38. The molecular formula is C14H18N4O2. The number of rotatable bonds is 6. The van der Waals surface area contributed by atoms with Crippen molar-refractivity contribution in [1.82, 2.24) is 10.2 Å². The van der Waals surface area contributed by atoms with Gasteiger partial charge in [0.1, 0.15) is 0 Å². The topological polar surface area (TPSA) is 85.2 Å². The Kier molecular flexibility index (Phi) is 6.20. The highest BCUT2D eigenvalue weighted by atomic mass is 16.2. The molecule has 0 aromatic heterocycles. The molecule has 0 saturated carbocycles. The Labute approximate surface area is 118 Å². The van der Waals surface area contributed by atoms with Gasteiger partial charge in [-0.25, -0.2) is 0 Å². The van der Waals surface area contributed by atoms with Gasteiger partial charge in [-0.3, -0.25) is 14.5 Å². The molecule has 2 N–H and O–H groups in total. The molecule has 0 aliphatic rings. The van der Waals surface area contributed by atoms with Crippen LogP contribution in [0.1, 0.15) is 12.5 Å². The van der Waals surface area contributed by atoms with E-state index in [1.165, 1.54) is 0 Å². The number of nitriles is 1. The molecule has 0 fully saturated rings. The fourth-order valence-electron chi connectivity index (χ4n) is 1.67. The average molecular weight is 274 g/mol. The van der Waals surface area contributed by atoms with E-state index >= 15 is 0 Å². The van der Waals surface area contributed by atoms with E-state index in [9.17, 15) is 9.59 Å². The van der Waals surface area contributed by atoms with Gasteiger partial charge in [0.15, 0.2) is 0 Å². The number of benzene rings is 1. The van der Waals surface area contributed by atoms with E-state index < -0.39 is 0 Å². The third kappa shape index (κ3) is 5.50. The van der Waals surface area contributed by atoms with Gasteiger partial charge in [0.05, 0.1) is 24.7 Å². The number of likely N-dealkylation sites (N-methyl/N-ethyl adjacent to an activating group) is 2. The zero-order valence-electron chi connectivity index (χ0n) is 11.6. The van der Waals surface area contributed by atoms with E-state index in [0.29, 0.717) is 17.8 Å². The first-order chi connectivity index (χ1) is 9.55. The van der Waals surface area contributed by atoms with Gasteiger partial charge >= 0.3 is 0 Å². The zero-order chi connectivity index (χ0) is 15.0. The van der Waals surface area contributed by atoms with Gasteiger partial charge in [-0.05, 0) is 32.2 Å². The second kappa shape index (κ2) is 7.92. The number of amides is 2. The molecule has 106 valence electrons. The van der Waals surface area contributed by atoms with Gasteiger partial charge in [0.25, 0.3) is 0 Å². The van der Waals surface area contributed by atoms with Crippen molar-refractivity contribution in [2.75, 3.05) is 32.0 Å². The van der Waals surface area contributed by atoms with Crippen molar-refractivity contribution >= 4 is 17.5 Å². The van der Waals surface area contributed by atoms with Crippen LogP contribution in [-0.2, 0) is 9.59 Å². The molecule has 0 radical (unpaired) electrons. The molecular weight excluding hydrogens is 256 g/mol. The van der Waals surface area contributed by atoms with Crippen molar-refractivity contribution in [3.63, 3.8) is 0 Å². The molecule has 0 spiro atoms. The molecule has 0 heterocycles. The maximum Gasteiger partial charge on any atom is 0.238 e. The summed E-state index contributed by atoms with van der Waals surface area (Å²) < 4.78 is 0. The number of nitrogens with one attached hydrogen (secondary N) is 2. The first kappa shape index (κ1) is 15.7. The molecule has 1 aromatic carbocycles. The fraction of sp³-hybridized carbons (Fsp3) is 0.357. The molecule has 1 aromatic rings. The van der Waals surface area contributed by atoms with E-state index in [1.807, 2.05) is 13.0 Å². The molecule has 0 atom stereocenters. The van der Waals surface area contributed by atoms with Crippen LogP contribution in [0.4, 0.5) is 5.69 Å². The minimum atomic E-state index is -0.230. The first-order valence-corrected chi connectivity index (χ1v) is 6.30. The molecule has 0 bridgehead atoms. The molecule has 0 unspecified atom stereocenters. The second-order valence-electron chi connectivity index (χ2n) is 4.37. The van der Waals surface area contributed by atoms with Crippen LogP contribution in [0, 0.1) is 11.3 Å². The Balaban J connectivity index is 2.47. The number of carbonyl (C=O) groups excluding carboxylic acids is 2. The number of anilines is 1. The van der Waals surface area contributed by atoms with Crippen LogP contribution in [0.2, 0.25) is 0 Å². The summed E-state index contributed by atoms with van der Waals surface area (Å²) in [6.07, 6.45) is 0. The monoisotopic (exact) mass is 274 g/mol. The molecule has 2 amide bonds. The number of hydrogen-bond acceptors (Lipinski definition) is 4. The predicted octanol–water partition coefficient (Wildman–Crippen LogP) is 0.565. The third-order valence-corrected chi connectivity index (χ3v) is 2.48. The smallest absolute Gasteiger partial charge is 0.238 e. The highest BCUT2D eigenvalue weighted by molar-refractivity contribution is 5.92. The summed E-state index contributed by atoms with van der Waals surface area (Å²) in [6, 6.07) is 8.68. The van der Waals surface area contributed by atoms with Gasteiger partial charge < -0.3 is 10.6 Å². The Morgan fingerprint density at radius 3 is 2.65 bits per heavy atom. The summed E-state index contributed by atoms with van der Waals surface area (Å²) in [5.41, 5.74) is 1.05. The van der Waals surface area contributed by atoms with E-state index in [4.69, 9.17) is 5.26 Å². The Hall–Kier alpha value is -2.39. The molecule has 6 heteroatoms. The minimum absolute atomic E-state index is 0.105. The third-order valence-electron chi connectivity index (χ3n) is 2.48. The van der Waals surface area contributed by atoms with Crippen molar-refractivity contribution < 1.29 is 9.59 Å². The minimum Gasteiger partial charge on any atom is -0.355 e. The highest BCUT2D eigenvalue weighted by Gasteiger charge is 2.10. The summed E-state index contributed by atoms with van der Waals surface area (Å²) in [4.78, 5) is 24.8. The van der Waals surface area contributed by atoms with Crippen LogP contribution in [0.5, 0.6) is 0 Å². The van der Waals surface area contributed by atoms with Gasteiger partial charge in [0.2, 0.25) is 11.8 Å². The van der Waals surface area contributed by atoms with Gasteiger partial charge in [-0.2, -0.15) is 5.26 Å². The predicted molar refractivity (Wildman–Crippen MR) is 76.0 cm³/mol. The zero-order valence-corrected chi connectivity index (χ0v) is 11.6. The lowest BCUT2D eigenvalue weighted by atomic mass is 10.2. The summed E-state index contributed by atoms with van der Waals surface area (Å²) >= 11 is 0. The largest absolute Gasteiger partial charge is 0.355 e. The van der Waals surface area contributed by atoms with Crippen LogP contribution in [0.25, 0.3) is 0 Å². The van der Waals surface area contributed by atoms with Gasteiger partial charge in [-0.15, -0.1) is 0 Å². The van der Waals surface area contributed by atoms with Crippen molar-refractivity contribution in [3.8, 4) is 6.07 Å². The van der Waals surface area contributed by atoms with Crippen LogP contribution in [-0.4, -0.2) is 43.4 Å². The number of carbonyl (C=O) groups is 2. The summed E-state index contributed by atoms with van der Waals surface area (Å²) in [6.45, 7) is 2.68. The molecule has 0 saturated heterocycles.